The Bertz CT molecular complexity index is 994. The first-order valence-corrected chi connectivity index (χ1v) is 7.61. The molecule has 0 unspecified atom stereocenters. The molecule has 0 spiro atoms. The predicted molar refractivity (Wildman–Crippen MR) is 88.4 cm³/mol. The van der Waals surface area contributed by atoms with Crippen LogP contribution in [0.15, 0.2) is 59.2 Å². The van der Waals surface area contributed by atoms with Crippen molar-refractivity contribution in [3.8, 4) is 0 Å². The highest BCUT2D eigenvalue weighted by Gasteiger charge is 2.13. The molecule has 1 aromatic carbocycles. The van der Waals surface area contributed by atoms with Gasteiger partial charge in [0.2, 0.25) is 5.78 Å². The number of rotatable bonds is 2. The summed E-state index contributed by atoms with van der Waals surface area (Å²) in [7, 11) is 0. The monoisotopic (exact) mass is 311 g/mol. The third kappa shape index (κ3) is 2.07. The van der Waals surface area contributed by atoms with Crippen LogP contribution in [0.4, 0.5) is 0 Å². The van der Waals surface area contributed by atoms with Gasteiger partial charge in [0.05, 0.1) is 10.9 Å². The van der Waals surface area contributed by atoms with E-state index in [0.717, 1.165) is 24.9 Å². The van der Waals surface area contributed by atoms with Crippen molar-refractivity contribution in [2.45, 2.75) is 19.4 Å². The lowest BCUT2D eigenvalue weighted by atomic mass is 10.1. The van der Waals surface area contributed by atoms with Gasteiger partial charge >= 0.3 is 0 Å². The molecular weight excluding hydrogens is 298 g/mol. The minimum absolute atomic E-state index is 0.0845. The van der Waals surface area contributed by atoms with Gasteiger partial charge in [0, 0.05) is 24.0 Å². The van der Waals surface area contributed by atoms with Gasteiger partial charge in [-0.25, -0.2) is 4.98 Å². The number of aromatic nitrogens is 3. The molecule has 0 amide bonds. The molecule has 0 radical (unpaired) electrons. The molecule has 2 aromatic heterocycles. The summed E-state index contributed by atoms with van der Waals surface area (Å²) in [6.07, 6.45) is 11.8. The quantitative estimate of drug-likeness (QED) is 0.725. The predicted octanol–water partition coefficient (Wildman–Crippen LogP) is 3.58. The fourth-order valence-electron chi connectivity index (χ4n) is 2.95. The molecule has 5 heteroatoms. The Morgan fingerprint density at radius 3 is 3.05 bits per heavy atom. The van der Waals surface area contributed by atoms with Gasteiger partial charge in [0.25, 0.3) is 5.56 Å². The Kier molecular flexibility index (Phi) is 3.12. The molecule has 0 bridgehead atoms. The van der Waals surface area contributed by atoms with Crippen molar-refractivity contribution in [2.24, 2.45) is 0 Å². The van der Waals surface area contributed by atoms with E-state index < -0.39 is 0 Å². The van der Waals surface area contributed by atoms with Crippen LogP contribution in [0.1, 0.15) is 12.8 Å². The smallest absolute Gasteiger partial charge is 0.266 e. The second-order valence-corrected chi connectivity index (χ2v) is 5.88. The number of nitrogens with zero attached hydrogens (tertiary/aromatic N) is 3. The second kappa shape index (κ2) is 5.14. The van der Waals surface area contributed by atoms with Crippen LogP contribution in [-0.4, -0.2) is 14.0 Å². The maximum Gasteiger partial charge on any atom is 0.266 e. The molecule has 3 aromatic rings. The van der Waals surface area contributed by atoms with Crippen LogP contribution < -0.4 is 5.56 Å². The molecule has 0 saturated heterocycles. The summed E-state index contributed by atoms with van der Waals surface area (Å²) in [5, 5.41) is 1.18. The zero-order valence-electron chi connectivity index (χ0n) is 11.9. The molecule has 4 nitrogen and oxygen atoms in total. The van der Waals surface area contributed by atoms with Gasteiger partial charge in [-0.1, -0.05) is 35.4 Å². The van der Waals surface area contributed by atoms with Crippen LogP contribution in [0.5, 0.6) is 0 Å². The number of allylic oxidation sites excluding steroid dienone is 4. The van der Waals surface area contributed by atoms with Gasteiger partial charge in [0.1, 0.15) is 0 Å². The van der Waals surface area contributed by atoms with E-state index in [4.69, 9.17) is 11.6 Å². The van der Waals surface area contributed by atoms with E-state index in [9.17, 15) is 4.79 Å². The Morgan fingerprint density at radius 1 is 1.32 bits per heavy atom. The first-order valence-electron chi connectivity index (χ1n) is 7.24. The van der Waals surface area contributed by atoms with Crippen molar-refractivity contribution in [2.75, 3.05) is 0 Å². The molecule has 22 heavy (non-hydrogen) atoms. The van der Waals surface area contributed by atoms with Crippen molar-refractivity contribution >= 4 is 28.3 Å². The highest BCUT2D eigenvalue weighted by molar-refractivity contribution is 6.31. The van der Waals surface area contributed by atoms with Gasteiger partial charge in [-0.3, -0.25) is 9.20 Å². The van der Waals surface area contributed by atoms with E-state index in [1.54, 1.807) is 22.9 Å². The number of hydrogen-bond acceptors (Lipinski definition) is 2. The second-order valence-electron chi connectivity index (χ2n) is 5.44. The number of fused-ring (bicyclic) bond motifs is 2. The third-order valence-corrected chi connectivity index (χ3v) is 4.26. The molecule has 1 aliphatic carbocycles. The lowest BCUT2D eigenvalue weighted by Crippen LogP contribution is -2.19. The molecule has 1 aliphatic rings. The van der Waals surface area contributed by atoms with E-state index >= 15 is 0 Å². The van der Waals surface area contributed by atoms with Crippen molar-refractivity contribution in [1.82, 2.24) is 14.0 Å². The lowest BCUT2D eigenvalue weighted by Gasteiger charge is -2.16. The van der Waals surface area contributed by atoms with Crippen LogP contribution in [0.2, 0.25) is 5.02 Å². The average Bonchev–Trinajstić information content (AvgIpc) is 3.02. The summed E-state index contributed by atoms with van der Waals surface area (Å²) in [5.41, 5.74) is 2.11. The standard InChI is InChI=1S/C17H14ClN3O/c18-13-6-7-15-14(10-13)16(22)20-9-8-19-17(20)21(15)11-12-4-2-1-3-5-12/h1-2,4,6-10H,3,5,11H2. The number of hydrogen-bond donors (Lipinski definition) is 0. The van der Waals surface area contributed by atoms with Crippen LogP contribution in [-0.2, 0) is 6.54 Å². The Labute approximate surface area is 132 Å². The topological polar surface area (TPSA) is 39.3 Å². The molecule has 2 heterocycles. The lowest BCUT2D eigenvalue weighted by molar-refractivity contribution is 0.754. The molecule has 4 rings (SSSR count). The first-order chi connectivity index (χ1) is 10.7. The van der Waals surface area contributed by atoms with E-state index in [2.05, 4.69) is 27.8 Å². The third-order valence-electron chi connectivity index (χ3n) is 4.02. The van der Waals surface area contributed by atoms with E-state index in [0.29, 0.717) is 16.2 Å². The summed E-state index contributed by atoms with van der Waals surface area (Å²) < 4.78 is 3.66. The minimum atomic E-state index is -0.0845. The van der Waals surface area contributed by atoms with E-state index in [1.165, 1.54) is 5.57 Å². The number of benzene rings is 1. The summed E-state index contributed by atoms with van der Waals surface area (Å²) in [6.45, 7) is 0.725. The van der Waals surface area contributed by atoms with Crippen molar-refractivity contribution in [3.05, 3.63) is 69.8 Å². The number of imidazole rings is 1. The summed E-state index contributed by atoms with van der Waals surface area (Å²) in [5.74, 6) is 0.662. The van der Waals surface area contributed by atoms with Gasteiger partial charge in [-0.15, -0.1) is 0 Å². The largest absolute Gasteiger partial charge is 0.307 e. The average molecular weight is 312 g/mol. The fourth-order valence-corrected chi connectivity index (χ4v) is 3.12. The Hall–Kier alpha value is -2.33. The normalized spacial score (nSPS) is 14.7. The Balaban J connectivity index is 2.03. The highest BCUT2D eigenvalue weighted by atomic mass is 35.5. The molecule has 0 atom stereocenters. The summed E-state index contributed by atoms with van der Waals surface area (Å²) >= 11 is 6.07. The first kappa shape index (κ1) is 13.3. The maximum atomic E-state index is 12.6. The van der Waals surface area contributed by atoms with Crippen molar-refractivity contribution < 1.29 is 0 Å². The summed E-state index contributed by atoms with van der Waals surface area (Å²) in [4.78, 5) is 16.9. The van der Waals surface area contributed by atoms with Gasteiger partial charge in [0.15, 0.2) is 0 Å². The van der Waals surface area contributed by atoms with Gasteiger partial charge < -0.3 is 4.57 Å². The molecule has 0 saturated carbocycles. The van der Waals surface area contributed by atoms with Crippen molar-refractivity contribution in [1.29, 1.82) is 0 Å². The van der Waals surface area contributed by atoms with E-state index in [1.807, 2.05) is 12.1 Å². The molecule has 0 N–H and O–H groups in total. The van der Waals surface area contributed by atoms with Crippen LogP contribution in [0.25, 0.3) is 16.7 Å². The molecule has 110 valence electrons. The van der Waals surface area contributed by atoms with Gasteiger partial charge in [-0.05, 0) is 31.0 Å². The van der Waals surface area contributed by atoms with Crippen molar-refractivity contribution in [3.63, 3.8) is 0 Å². The highest BCUT2D eigenvalue weighted by Crippen LogP contribution is 2.21. The maximum absolute atomic E-state index is 12.6. The van der Waals surface area contributed by atoms with E-state index in [-0.39, 0.29) is 5.56 Å². The van der Waals surface area contributed by atoms with Crippen LogP contribution in [0.3, 0.4) is 0 Å². The molecular formula is C17H14ClN3O. The zero-order valence-corrected chi connectivity index (χ0v) is 12.6. The molecule has 0 aliphatic heterocycles. The molecule has 0 fully saturated rings. The summed E-state index contributed by atoms with van der Waals surface area (Å²) in [6, 6.07) is 5.44. The fraction of sp³-hybridized carbons (Fsp3) is 0.176. The Morgan fingerprint density at radius 2 is 2.23 bits per heavy atom. The van der Waals surface area contributed by atoms with Crippen LogP contribution in [0, 0.1) is 0 Å². The minimum Gasteiger partial charge on any atom is -0.307 e. The SMILES string of the molecule is O=c1c2cc(Cl)ccc2n(CC2=CC=CCC2)c2nccn12. The van der Waals surface area contributed by atoms with Crippen LogP contribution >= 0.6 is 11.6 Å². The van der Waals surface area contributed by atoms with Gasteiger partial charge in [-0.2, -0.15) is 0 Å². The number of halogens is 1. The zero-order chi connectivity index (χ0) is 15.1.